The minimum Gasteiger partial charge on any atom is -0.321 e. The molecule has 4 rings (SSSR count). The molecule has 1 aliphatic heterocycles. The Kier molecular flexibility index (Phi) is 6.17. The summed E-state index contributed by atoms with van der Waals surface area (Å²) in [5.74, 6) is -0.870. The quantitative estimate of drug-likeness (QED) is 0.553. The first-order valence-corrected chi connectivity index (χ1v) is 10.9. The van der Waals surface area contributed by atoms with Gasteiger partial charge in [-0.3, -0.25) is 23.7 Å². The molecule has 1 amide bonds. The Labute approximate surface area is 192 Å². The fourth-order valence-corrected chi connectivity index (χ4v) is 4.80. The molecule has 2 heterocycles. The molecule has 0 atom stereocenters. The highest BCUT2D eigenvalue weighted by molar-refractivity contribution is 7.07. The van der Waals surface area contributed by atoms with Gasteiger partial charge in [0.05, 0.1) is 15.8 Å². The van der Waals surface area contributed by atoms with E-state index in [2.05, 4.69) is 5.32 Å². The minimum absolute atomic E-state index is 0.226. The Morgan fingerprint density at radius 2 is 1.82 bits per heavy atom. The smallest absolute Gasteiger partial charge is 0.269 e. The minimum atomic E-state index is -0.467. The number of halogens is 1. The van der Waals surface area contributed by atoms with Gasteiger partial charge >= 0.3 is 0 Å². The number of hydrogen-bond acceptors (Lipinski definition) is 6. The number of rotatable bonds is 6. The highest BCUT2D eigenvalue weighted by Gasteiger charge is 2.27. The van der Waals surface area contributed by atoms with Gasteiger partial charge in [-0.1, -0.05) is 12.1 Å². The van der Waals surface area contributed by atoms with Crippen LogP contribution in [0.4, 0.5) is 10.1 Å². The molecule has 168 valence electrons. The molecule has 0 radical (unpaired) electrons. The number of benzene rings is 2. The Morgan fingerprint density at radius 3 is 2.52 bits per heavy atom. The molecule has 1 aliphatic rings. The van der Waals surface area contributed by atoms with E-state index in [0.29, 0.717) is 57.2 Å². The lowest BCUT2D eigenvalue weighted by Crippen LogP contribution is -2.36. The van der Waals surface area contributed by atoms with E-state index >= 15 is 0 Å². The van der Waals surface area contributed by atoms with Crippen LogP contribution >= 0.6 is 11.3 Å². The average molecular weight is 466 g/mol. The first-order chi connectivity index (χ1) is 15.8. The van der Waals surface area contributed by atoms with E-state index < -0.39 is 11.7 Å². The number of nitrogens with one attached hydrogen (secondary N) is 1. The van der Waals surface area contributed by atoms with Crippen LogP contribution in [-0.2, 0) is 11.3 Å². The van der Waals surface area contributed by atoms with E-state index in [1.165, 1.54) is 30.3 Å². The number of carbonyl (C=O) groups excluding carboxylic acids is 3. The van der Waals surface area contributed by atoms with Crippen molar-refractivity contribution >= 4 is 47.2 Å². The normalized spacial score (nSPS) is 15.0. The number of hydrogen-bond donors (Lipinski definition) is 1. The van der Waals surface area contributed by atoms with Crippen LogP contribution in [0.1, 0.15) is 31.8 Å². The predicted molar refractivity (Wildman–Crippen MR) is 125 cm³/mol. The molecule has 0 saturated heterocycles. The number of fused-ring (bicyclic) bond motifs is 1. The van der Waals surface area contributed by atoms with Gasteiger partial charge in [-0.25, -0.2) is 4.39 Å². The Morgan fingerprint density at radius 1 is 1.06 bits per heavy atom. The van der Waals surface area contributed by atoms with Crippen molar-refractivity contribution in [2.45, 2.75) is 6.54 Å². The van der Waals surface area contributed by atoms with Gasteiger partial charge in [0.2, 0.25) is 0 Å². The van der Waals surface area contributed by atoms with Crippen LogP contribution in [0.15, 0.2) is 41.2 Å². The summed E-state index contributed by atoms with van der Waals surface area (Å²) in [6.07, 6.45) is 2.81. The van der Waals surface area contributed by atoms with E-state index in [1.54, 1.807) is 16.7 Å². The molecule has 0 unspecified atom stereocenters. The first-order valence-electron chi connectivity index (χ1n) is 10.1. The number of likely N-dealkylation sites (N-methyl/N-ethyl adjacent to an activating group) is 1. The van der Waals surface area contributed by atoms with Crippen LogP contribution in [0.3, 0.4) is 0 Å². The maximum absolute atomic E-state index is 13.7. The topological polar surface area (TPSA) is 88.5 Å². The second-order valence-electron chi connectivity index (χ2n) is 7.82. The van der Waals surface area contributed by atoms with Crippen molar-refractivity contribution in [2.75, 3.05) is 26.0 Å². The first kappa shape index (κ1) is 22.5. The summed E-state index contributed by atoms with van der Waals surface area (Å²) in [6.45, 7) is 0.917. The predicted octanol–water partition coefficient (Wildman–Crippen LogP) is 1.22. The third-order valence-electron chi connectivity index (χ3n) is 5.28. The summed E-state index contributed by atoms with van der Waals surface area (Å²) in [7, 11) is 3.76. The van der Waals surface area contributed by atoms with Crippen LogP contribution in [-0.4, -0.2) is 48.6 Å². The maximum atomic E-state index is 13.7. The lowest BCUT2D eigenvalue weighted by Gasteiger charge is -2.10. The molecule has 1 aromatic heterocycles. The lowest BCUT2D eigenvalue weighted by atomic mass is 10.1. The van der Waals surface area contributed by atoms with Crippen molar-refractivity contribution in [3.05, 3.63) is 84.0 Å². The zero-order valence-corrected chi connectivity index (χ0v) is 18.7. The summed E-state index contributed by atoms with van der Waals surface area (Å²) in [5.41, 5.74) is 2.00. The highest BCUT2D eigenvalue weighted by Crippen LogP contribution is 2.30. The van der Waals surface area contributed by atoms with Gasteiger partial charge < -0.3 is 10.2 Å². The molecule has 0 fully saturated rings. The van der Waals surface area contributed by atoms with Crippen molar-refractivity contribution in [1.29, 1.82) is 0 Å². The molecule has 0 aliphatic carbocycles. The van der Waals surface area contributed by atoms with Crippen LogP contribution in [0.25, 0.3) is 11.6 Å². The summed E-state index contributed by atoms with van der Waals surface area (Å²) in [6, 6.07) is 8.75. The van der Waals surface area contributed by atoms with Crippen molar-refractivity contribution < 1.29 is 18.8 Å². The van der Waals surface area contributed by atoms with Crippen molar-refractivity contribution in [3.63, 3.8) is 0 Å². The Bertz CT molecular complexity index is 1470. The van der Waals surface area contributed by atoms with Gasteiger partial charge in [0, 0.05) is 29.8 Å². The number of anilines is 1. The fraction of sp³-hybridized carbons (Fsp3) is 0.167. The number of aldehydes is 2. The van der Waals surface area contributed by atoms with Gasteiger partial charge in [0.15, 0.2) is 12.6 Å². The van der Waals surface area contributed by atoms with Crippen molar-refractivity contribution in [2.24, 2.45) is 0 Å². The van der Waals surface area contributed by atoms with Crippen molar-refractivity contribution in [1.82, 2.24) is 9.47 Å². The highest BCUT2D eigenvalue weighted by atomic mass is 32.1. The lowest BCUT2D eigenvalue weighted by molar-refractivity contribution is -0.110. The molecule has 33 heavy (non-hydrogen) atoms. The fourth-order valence-electron chi connectivity index (χ4n) is 3.61. The van der Waals surface area contributed by atoms with Gasteiger partial charge in [-0.15, -0.1) is 11.3 Å². The molecule has 2 aromatic carbocycles. The summed E-state index contributed by atoms with van der Waals surface area (Å²) < 4.78 is 16.0. The van der Waals surface area contributed by atoms with Gasteiger partial charge in [-0.05, 0) is 50.0 Å². The van der Waals surface area contributed by atoms with Gasteiger partial charge in [0.25, 0.3) is 11.5 Å². The van der Waals surface area contributed by atoms with Crippen LogP contribution in [0.2, 0.25) is 0 Å². The molecular weight excluding hydrogens is 445 g/mol. The molecule has 7 nitrogen and oxygen atoms in total. The number of thiazole rings is 1. The van der Waals surface area contributed by atoms with Crippen LogP contribution in [0, 0.1) is 5.82 Å². The standard InChI is InChI=1S/C24H20FN3O4S/c1-27(2)7-8-28-23(32)20(10-14-3-4-15(12-29)16(9-14)13-30)33-24(28)21-18-6-5-17(25)11-19(18)26-22(21)31/h3-6,9-13H,7-8H2,1-2H3,(H,26,31)/b20-10?,24-21-. The van der Waals surface area contributed by atoms with Gasteiger partial charge in [-0.2, -0.15) is 0 Å². The molecule has 0 spiro atoms. The number of aromatic nitrogens is 1. The molecular formula is C24H20FN3O4S. The number of amides is 1. The maximum Gasteiger partial charge on any atom is 0.269 e. The third kappa shape index (κ3) is 4.33. The van der Waals surface area contributed by atoms with Crippen molar-refractivity contribution in [3.8, 4) is 0 Å². The van der Waals surface area contributed by atoms with Gasteiger partial charge in [0.1, 0.15) is 10.5 Å². The average Bonchev–Trinajstić information content (AvgIpc) is 3.26. The molecule has 0 saturated carbocycles. The molecule has 0 bridgehead atoms. The molecule has 9 heteroatoms. The third-order valence-corrected chi connectivity index (χ3v) is 6.41. The Hall–Kier alpha value is -3.69. The molecule has 1 N–H and O–H groups in total. The van der Waals surface area contributed by atoms with Crippen LogP contribution in [0.5, 0.6) is 0 Å². The largest absolute Gasteiger partial charge is 0.321 e. The monoisotopic (exact) mass is 465 g/mol. The van der Waals surface area contributed by atoms with E-state index in [-0.39, 0.29) is 16.7 Å². The van der Waals surface area contributed by atoms with E-state index in [4.69, 9.17) is 0 Å². The second kappa shape index (κ2) is 9.05. The van der Waals surface area contributed by atoms with E-state index in [1.807, 2.05) is 19.0 Å². The second-order valence-corrected chi connectivity index (χ2v) is 8.85. The van der Waals surface area contributed by atoms with E-state index in [9.17, 15) is 23.6 Å². The summed E-state index contributed by atoms with van der Waals surface area (Å²) in [5, 5.41) is 2.67. The summed E-state index contributed by atoms with van der Waals surface area (Å²) >= 11 is 1.15. The number of carbonyl (C=O) groups is 3. The zero-order valence-electron chi connectivity index (χ0n) is 17.9. The molecule has 3 aromatic rings. The SMILES string of the molecule is CN(C)CCn1c(=O)c(=Cc2ccc(C=O)c(C=O)c2)s/c1=C1\C(=O)Nc2cc(F)ccc21. The Balaban J connectivity index is 1.98. The number of nitrogens with zero attached hydrogens (tertiary/aromatic N) is 2. The summed E-state index contributed by atoms with van der Waals surface area (Å²) in [4.78, 5) is 50.4. The van der Waals surface area contributed by atoms with E-state index in [0.717, 1.165) is 11.3 Å². The van der Waals surface area contributed by atoms with Crippen LogP contribution < -0.4 is 20.1 Å². The zero-order chi connectivity index (χ0) is 23.7.